The second kappa shape index (κ2) is 5.10. The number of fused-ring (bicyclic) bond motifs is 1. The van der Waals surface area contributed by atoms with E-state index in [1.165, 1.54) is 0 Å². The quantitative estimate of drug-likeness (QED) is 0.759. The molecule has 0 aromatic carbocycles. The number of rotatable bonds is 4. The van der Waals surface area contributed by atoms with E-state index in [1.54, 1.807) is 6.92 Å². The van der Waals surface area contributed by atoms with Gasteiger partial charge in [0.1, 0.15) is 0 Å². The number of ether oxygens (including phenoxy) is 2. The van der Waals surface area contributed by atoms with Crippen LogP contribution in [0.15, 0.2) is 23.1 Å². The Labute approximate surface area is 118 Å². The zero-order valence-corrected chi connectivity index (χ0v) is 12.3. The van der Waals surface area contributed by atoms with E-state index in [0.29, 0.717) is 24.4 Å². The van der Waals surface area contributed by atoms with Crippen molar-refractivity contribution in [1.82, 2.24) is 5.48 Å². The first kappa shape index (κ1) is 14.9. The lowest BCUT2D eigenvalue weighted by Gasteiger charge is -2.36. The van der Waals surface area contributed by atoms with Gasteiger partial charge in [0.2, 0.25) is 0 Å². The maximum atomic E-state index is 11.9. The van der Waals surface area contributed by atoms with Crippen LogP contribution in [0.5, 0.6) is 0 Å². The summed E-state index contributed by atoms with van der Waals surface area (Å²) in [4.78, 5) is 17.1. The van der Waals surface area contributed by atoms with Gasteiger partial charge in [-0.2, -0.15) is 0 Å². The molecule has 112 valence electrons. The number of carbonyl (C=O) groups excluding carboxylic acids is 1. The first-order valence-electron chi connectivity index (χ1n) is 6.77. The van der Waals surface area contributed by atoms with Gasteiger partial charge in [-0.1, -0.05) is 13.8 Å². The number of esters is 1. The van der Waals surface area contributed by atoms with E-state index in [-0.39, 0.29) is 17.7 Å². The standard InChI is InChI=1S/C14H21NO5/c1-5-18-10-8-13(3,4)7-9-11(12(16)19-6-2)15-20-14(9,10)17/h8,15,17H,5-7H2,1-4H3. The summed E-state index contributed by atoms with van der Waals surface area (Å²) >= 11 is 0. The molecule has 0 saturated carbocycles. The topological polar surface area (TPSA) is 77.0 Å². The third-order valence-electron chi connectivity index (χ3n) is 3.28. The Bertz CT molecular complexity index is 480. The molecule has 0 bridgehead atoms. The Morgan fingerprint density at radius 2 is 2.15 bits per heavy atom. The molecule has 0 aromatic heterocycles. The number of nitrogens with one attached hydrogen (secondary N) is 1. The van der Waals surface area contributed by atoms with Crippen molar-refractivity contribution in [3.8, 4) is 0 Å². The average Bonchev–Trinajstić information content (AvgIpc) is 2.67. The van der Waals surface area contributed by atoms with E-state index in [1.807, 2.05) is 26.8 Å². The highest BCUT2D eigenvalue weighted by Crippen LogP contribution is 2.47. The lowest BCUT2D eigenvalue weighted by Crippen LogP contribution is -2.41. The molecule has 1 heterocycles. The predicted octanol–water partition coefficient (Wildman–Crippen LogP) is 1.38. The van der Waals surface area contributed by atoms with Crippen LogP contribution in [0.2, 0.25) is 0 Å². The van der Waals surface area contributed by atoms with Crippen LogP contribution in [0.25, 0.3) is 0 Å². The van der Waals surface area contributed by atoms with Gasteiger partial charge in [-0.3, -0.25) is 5.48 Å². The van der Waals surface area contributed by atoms with E-state index < -0.39 is 11.8 Å². The molecule has 0 aromatic rings. The molecule has 0 radical (unpaired) electrons. The van der Waals surface area contributed by atoms with Crippen molar-refractivity contribution in [3.05, 3.63) is 23.1 Å². The largest absolute Gasteiger partial charge is 0.492 e. The molecule has 2 N–H and O–H groups in total. The summed E-state index contributed by atoms with van der Waals surface area (Å²) in [5.41, 5.74) is 2.84. The van der Waals surface area contributed by atoms with Crippen LogP contribution in [0.1, 0.15) is 34.1 Å². The highest BCUT2D eigenvalue weighted by molar-refractivity contribution is 5.89. The number of aliphatic hydroxyl groups is 1. The molecule has 0 amide bonds. The third-order valence-corrected chi connectivity index (χ3v) is 3.28. The first-order valence-corrected chi connectivity index (χ1v) is 6.77. The van der Waals surface area contributed by atoms with Gasteiger partial charge in [-0.15, -0.1) is 0 Å². The van der Waals surface area contributed by atoms with Crippen molar-refractivity contribution in [2.24, 2.45) is 5.41 Å². The van der Waals surface area contributed by atoms with Crippen LogP contribution in [0.3, 0.4) is 0 Å². The highest BCUT2D eigenvalue weighted by Gasteiger charge is 2.52. The van der Waals surface area contributed by atoms with Crippen molar-refractivity contribution in [2.75, 3.05) is 13.2 Å². The van der Waals surface area contributed by atoms with Crippen LogP contribution in [0.4, 0.5) is 0 Å². The van der Waals surface area contributed by atoms with Gasteiger partial charge >= 0.3 is 5.97 Å². The fraction of sp³-hybridized carbons (Fsp3) is 0.643. The second-order valence-corrected chi connectivity index (χ2v) is 5.53. The van der Waals surface area contributed by atoms with Gasteiger partial charge in [-0.05, 0) is 31.8 Å². The molecular weight excluding hydrogens is 262 g/mol. The van der Waals surface area contributed by atoms with Gasteiger partial charge in [0.25, 0.3) is 5.79 Å². The van der Waals surface area contributed by atoms with Crippen molar-refractivity contribution in [1.29, 1.82) is 0 Å². The molecular formula is C14H21NO5. The van der Waals surface area contributed by atoms with Gasteiger partial charge in [-0.25, -0.2) is 9.63 Å². The lowest BCUT2D eigenvalue weighted by atomic mass is 9.76. The van der Waals surface area contributed by atoms with Crippen LogP contribution in [-0.2, 0) is 19.1 Å². The number of hydrogen-bond donors (Lipinski definition) is 2. The summed E-state index contributed by atoms with van der Waals surface area (Å²) in [5.74, 6) is -1.96. The summed E-state index contributed by atoms with van der Waals surface area (Å²) in [6.07, 6.45) is 2.30. The number of hydrogen-bond acceptors (Lipinski definition) is 6. The molecule has 6 nitrogen and oxygen atoms in total. The zero-order valence-electron chi connectivity index (χ0n) is 12.3. The van der Waals surface area contributed by atoms with Gasteiger partial charge in [0.15, 0.2) is 11.5 Å². The Balaban J connectivity index is 2.45. The Morgan fingerprint density at radius 1 is 1.45 bits per heavy atom. The maximum Gasteiger partial charge on any atom is 0.356 e. The monoisotopic (exact) mass is 283 g/mol. The van der Waals surface area contributed by atoms with E-state index in [4.69, 9.17) is 14.3 Å². The second-order valence-electron chi connectivity index (χ2n) is 5.53. The van der Waals surface area contributed by atoms with Crippen LogP contribution in [0, 0.1) is 5.41 Å². The summed E-state index contributed by atoms with van der Waals surface area (Å²) in [6, 6.07) is 0. The Morgan fingerprint density at radius 3 is 2.75 bits per heavy atom. The van der Waals surface area contributed by atoms with E-state index in [9.17, 15) is 9.90 Å². The van der Waals surface area contributed by atoms with Crippen molar-refractivity contribution >= 4 is 5.97 Å². The Kier molecular flexibility index (Phi) is 3.80. The molecule has 0 saturated heterocycles. The Hall–Kier alpha value is -1.53. The lowest BCUT2D eigenvalue weighted by molar-refractivity contribution is -0.192. The van der Waals surface area contributed by atoms with E-state index in [0.717, 1.165) is 0 Å². The van der Waals surface area contributed by atoms with Crippen molar-refractivity contribution in [3.63, 3.8) is 0 Å². The molecule has 2 rings (SSSR count). The molecule has 1 atom stereocenters. The molecule has 0 spiro atoms. The fourth-order valence-corrected chi connectivity index (χ4v) is 2.45. The molecule has 1 aliphatic carbocycles. The molecule has 20 heavy (non-hydrogen) atoms. The van der Waals surface area contributed by atoms with E-state index >= 15 is 0 Å². The van der Waals surface area contributed by atoms with Crippen molar-refractivity contribution in [2.45, 2.75) is 39.9 Å². The third kappa shape index (κ3) is 2.41. The normalized spacial score (nSPS) is 27.6. The average molecular weight is 283 g/mol. The smallest absolute Gasteiger partial charge is 0.356 e. The van der Waals surface area contributed by atoms with Crippen LogP contribution >= 0.6 is 0 Å². The summed E-state index contributed by atoms with van der Waals surface area (Å²) in [5, 5.41) is 10.7. The highest BCUT2D eigenvalue weighted by atomic mass is 16.8. The molecule has 6 heteroatoms. The summed E-state index contributed by atoms with van der Waals surface area (Å²) < 4.78 is 10.5. The van der Waals surface area contributed by atoms with E-state index in [2.05, 4.69) is 5.48 Å². The van der Waals surface area contributed by atoms with Crippen LogP contribution in [-0.4, -0.2) is 30.1 Å². The maximum absolute atomic E-state index is 11.9. The van der Waals surface area contributed by atoms with Gasteiger partial charge in [0.05, 0.1) is 13.2 Å². The molecule has 2 aliphatic rings. The van der Waals surface area contributed by atoms with Gasteiger partial charge in [0, 0.05) is 5.57 Å². The number of allylic oxidation sites excluding steroid dienone is 1. The van der Waals surface area contributed by atoms with Crippen molar-refractivity contribution < 1.29 is 24.2 Å². The first-order chi connectivity index (χ1) is 9.34. The van der Waals surface area contributed by atoms with Gasteiger partial charge < -0.3 is 14.6 Å². The molecule has 1 aliphatic heterocycles. The molecule has 1 unspecified atom stereocenters. The molecule has 0 fully saturated rings. The summed E-state index contributed by atoms with van der Waals surface area (Å²) in [6.45, 7) is 8.20. The minimum Gasteiger partial charge on any atom is -0.492 e. The minimum absolute atomic E-state index is 0.160. The minimum atomic E-state index is -1.73. The predicted molar refractivity (Wildman–Crippen MR) is 70.9 cm³/mol. The SMILES string of the molecule is CCOC(=O)C1=C2CC(C)(C)C=C(OCC)C2(O)ON1. The number of carbonyl (C=O) groups is 1. The van der Waals surface area contributed by atoms with Crippen LogP contribution < -0.4 is 5.48 Å². The zero-order chi connectivity index (χ0) is 15.0. The number of hydroxylamine groups is 1. The fourth-order valence-electron chi connectivity index (χ4n) is 2.45. The summed E-state index contributed by atoms with van der Waals surface area (Å²) in [7, 11) is 0.